The number of rotatable bonds is 5. The zero-order valence-corrected chi connectivity index (χ0v) is 16.9. The van der Waals surface area contributed by atoms with Crippen LogP contribution in [-0.4, -0.2) is 28.7 Å². The van der Waals surface area contributed by atoms with Crippen molar-refractivity contribution in [2.75, 3.05) is 13.4 Å². The average molecular weight is 400 g/mol. The molecule has 2 atom stereocenters. The van der Waals surface area contributed by atoms with Gasteiger partial charge in [-0.1, -0.05) is 30.3 Å². The van der Waals surface area contributed by atoms with E-state index >= 15 is 0 Å². The molecule has 28 heavy (non-hydrogen) atoms. The summed E-state index contributed by atoms with van der Waals surface area (Å²) in [6.45, 7) is 3.37. The molecule has 2 aromatic rings. The van der Waals surface area contributed by atoms with E-state index < -0.39 is 28.5 Å². The Morgan fingerprint density at radius 2 is 1.82 bits per heavy atom. The minimum absolute atomic E-state index is 0.0579. The molecule has 0 amide bonds. The predicted molar refractivity (Wildman–Crippen MR) is 110 cm³/mol. The van der Waals surface area contributed by atoms with Gasteiger partial charge in [0.2, 0.25) is 0 Å². The minimum Gasteiger partial charge on any atom is -0.494 e. The Bertz CT molecular complexity index is 1040. The van der Waals surface area contributed by atoms with Gasteiger partial charge in [0.1, 0.15) is 0 Å². The number of aliphatic carboxylic acids is 1. The number of hydrogen-bond donors (Lipinski definition) is 1. The molecule has 1 aliphatic rings. The molecule has 2 unspecified atom stereocenters. The van der Waals surface area contributed by atoms with Gasteiger partial charge in [0.15, 0.2) is 11.6 Å². The third kappa shape index (κ3) is 3.29. The fraction of sp³-hybridized carbons (Fsp3) is 0.227. The Balaban J connectivity index is 2.44. The van der Waals surface area contributed by atoms with Gasteiger partial charge in [0.05, 0.1) is 28.7 Å². The van der Waals surface area contributed by atoms with Crippen molar-refractivity contribution in [1.82, 2.24) is 0 Å². The van der Waals surface area contributed by atoms with E-state index in [1.807, 2.05) is 30.3 Å². The second-order valence-corrected chi connectivity index (χ2v) is 7.97. The lowest BCUT2D eigenvalue weighted by Crippen LogP contribution is -2.11. The third-order valence-corrected chi connectivity index (χ3v) is 6.00. The van der Waals surface area contributed by atoms with E-state index in [0.717, 1.165) is 5.56 Å². The summed E-state index contributed by atoms with van der Waals surface area (Å²) in [5.41, 5.74) is 3.79. The Morgan fingerprint density at radius 3 is 2.36 bits per heavy atom. The van der Waals surface area contributed by atoms with Crippen molar-refractivity contribution in [3.8, 4) is 5.75 Å². The second kappa shape index (κ2) is 7.72. The molecule has 0 saturated carbocycles. The number of benzene rings is 2. The number of carboxylic acids is 1. The molecule has 0 spiro atoms. The maximum absolute atomic E-state index is 14.4. The molecule has 0 heterocycles. The molecule has 0 fully saturated rings. The topological polar surface area (TPSA) is 63.6 Å². The fourth-order valence-corrected chi connectivity index (χ4v) is 4.71. The maximum atomic E-state index is 14.4. The van der Waals surface area contributed by atoms with Crippen LogP contribution in [0.3, 0.4) is 0 Å². The monoisotopic (exact) mass is 400 g/mol. The van der Waals surface area contributed by atoms with Crippen LogP contribution < -0.4 is 4.74 Å². The van der Waals surface area contributed by atoms with Gasteiger partial charge in [-0.3, -0.25) is 9.00 Å². The Hall–Kier alpha value is -2.73. The summed E-state index contributed by atoms with van der Waals surface area (Å²) in [5.74, 6) is -2.35. The first-order valence-electron chi connectivity index (χ1n) is 8.73. The highest BCUT2D eigenvalue weighted by Crippen LogP contribution is 2.49. The lowest BCUT2D eigenvalue weighted by atomic mass is 9.93. The van der Waals surface area contributed by atoms with Crippen molar-refractivity contribution in [2.24, 2.45) is 5.92 Å². The number of methoxy groups -OCH3 is 1. The van der Waals surface area contributed by atoms with E-state index in [2.05, 4.69) is 0 Å². The van der Waals surface area contributed by atoms with E-state index in [1.54, 1.807) is 26.2 Å². The van der Waals surface area contributed by atoms with Gasteiger partial charge in [-0.2, -0.15) is 0 Å². The lowest BCUT2D eigenvalue weighted by molar-refractivity contribution is -0.139. The standard InChI is InChI=1S/C22H21FO4S/c1-12-19(13(2)22(24)25)15-10-17(23)18(27-3)11-16(15)20(12)21(28(4)26)14-8-6-5-7-9-14/h5-11,13H,1-4H3,(H,24,25). The highest BCUT2D eigenvalue weighted by atomic mass is 32.2. The van der Waals surface area contributed by atoms with Gasteiger partial charge in [-0.15, -0.1) is 0 Å². The molecule has 0 saturated heterocycles. The Kier molecular flexibility index (Phi) is 5.52. The molecule has 0 aromatic heterocycles. The van der Waals surface area contributed by atoms with Gasteiger partial charge in [0.25, 0.3) is 0 Å². The van der Waals surface area contributed by atoms with Crippen molar-refractivity contribution >= 4 is 32.8 Å². The van der Waals surface area contributed by atoms with Crippen LogP contribution in [-0.2, 0) is 15.6 Å². The highest BCUT2D eigenvalue weighted by molar-refractivity contribution is 7.94. The average Bonchev–Trinajstić information content (AvgIpc) is 2.92. The van der Waals surface area contributed by atoms with Gasteiger partial charge < -0.3 is 9.84 Å². The van der Waals surface area contributed by atoms with Crippen LogP contribution >= 0.6 is 0 Å². The molecular formula is C22H21FO4S. The van der Waals surface area contributed by atoms with E-state index in [-0.39, 0.29) is 5.75 Å². The number of hydrogen-bond acceptors (Lipinski definition) is 3. The molecule has 4 nitrogen and oxygen atoms in total. The van der Waals surface area contributed by atoms with Crippen LogP contribution in [0.4, 0.5) is 4.39 Å². The van der Waals surface area contributed by atoms with E-state index in [0.29, 0.717) is 32.8 Å². The maximum Gasteiger partial charge on any atom is 0.310 e. The number of carbonyl (C=O) groups is 1. The number of ether oxygens (including phenoxy) is 1. The number of halogens is 1. The molecule has 1 aliphatic carbocycles. The molecule has 1 N–H and O–H groups in total. The smallest absolute Gasteiger partial charge is 0.310 e. The van der Waals surface area contributed by atoms with Crippen LogP contribution in [0.15, 0.2) is 48.0 Å². The van der Waals surface area contributed by atoms with Gasteiger partial charge >= 0.3 is 5.97 Å². The molecule has 146 valence electrons. The summed E-state index contributed by atoms with van der Waals surface area (Å²) in [7, 11) is 0.0138. The summed E-state index contributed by atoms with van der Waals surface area (Å²) in [6.07, 6.45) is 1.58. The first-order chi connectivity index (χ1) is 13.3. The van der Waals surface area contributed by atoms with Crippen LogP contribution in [0.1, 0.15) is 30.5 Å². The first kappa shape index (κ1) is 20.0. The predicted octanol–water partition coefficient (Wildman–Crippen LogP) is 4.59. The zero-order valence-electron chi connectivity index (χ0n) is 16.1. The SMILES string of the molecule is COc1cc2c(cc1F)C(C(C)C(=O)O)=C(C)C2=C(c1ccccc1)S(C)=O. The molecule has 6 heteroatoms. The number of carboxylic acid groups (broad SMARTS) is 1. The normalized spacial score (nSPS) is 17.2. The van der Waals surface area contributed by atoms with Gasteiger partial charge in [0, 0.05) is 11.8 Å². The molecular weight excluding hydrogens is 379 g/mol. The Labute approximate surface area is 165 Å². The zero-order chi connectivity index (χ0) is 20.6. The Morgan fingerprint density at radius 1 is 1.18 bits per heavy atom. The summed E-state index contributed by atoms with van der Waals surface area (Å²) >= 11 is 0. The first-order valence-corrected chi connectivity index (χ1v) is 10.3. The number of fused-ring (bicyclic) bond motifs is 1. The van der Waals surface area contributed by atoms with Gasteiger partial charge in [-0.25, -0.2) is 4.39 Å². The lowest BCUT2D eigenvalue weighted by Gasteiger charge is -2.13. The fourth-order valence-electron chi connectivity index (χ4n) is 3.70. The van der Waals surface area contributed by atoms with Crippen molar-refractivity contribution in [3.63, 3.8) is 0 Å². The summed E-state index contributed by atoms with van der Waals surface area (Å²) in [5, 5.41) is 9.58. The second-order valence-electron chi connectivity index (χ2n) is 6.66. The van der Waals surface area contributed by atoms with Crippen LogP contribution in [0.5, 0.6) is 5.75 Å². The van der Waals surface area contributed by atoms with E-state index in [9.17, 15) is 18.5 Å². The molecule has 0 bridgehead atoms. The number of allylic oxidation sites excluding steroid dienone is 2. The molecule has 0 aliphatic heterocycles. The largest absolute Gasteiger partial charge is 0.494 e. The van der Waals surface area contributed by atoms with E-state index in [4.69, 9.17) is 4.74 Å². The molecule has 3 rings (SSSR count). The van der Waals surface area contributed by atoms with Gasteiger partial charge in [-0.05, 0) is 53.8 Å². The molecule has 0 radical (unpaired) electrons. The van der Waals surface area contributed by atoms with Crippen molar-refractivity contribution in [2.45, 2.75) is 13.8 Å². The quantitative estimate of drug-likeness (QED) is 0.797. The summed E-state index contributed by atoms with van der Waals surface area (Å²) < 4.78 is 32.3. The minimum atomic E-state index is -1.36. The molecule has 2 aromatic carbocycles. The van der Waals surface area contributed by atoms with Crippen molar-refractivity contribution < 1.29 is 23.2 Å². The van der Waals surface area contributed by atoms with Crippen molar-refractivity contribution in [1.29, 1.82) is 0 Å². The third-order valence-electron chi connectivity index (χ3n) is 4.98. The summed E-state index contributed by atoms with van der Waals surface area (Å²) in [6, 6.07) is 12.1. The van der Waals surface area contributed by atoms with Crippen LogP contribution in [0.25, 0.3) is 16.1 Å². The van der Waals surface area contributed by atoms with Crippen LogP contribution in [0, 0.1) is 11.7 Å². The highest BCUT2D eigenvalue weighted by Gasteiger charge is 2.34. The van der Waals surface area contributed by atoms with Crippen LogP contribution in [0.2, 0.25) is 0 Å². The van der Waals surface area contributed by atoms with Crippen molar-refractivity contribution in [3.05, 3.63) is 70.5 Å². The van der Waals surface area contributed by atoms with E-state index in [1.165, 1.54) is 13.2 Å². The summed E-state index contributed by atoms with van der Waals surface area (Å²) in [4.78, 5) is 12.3.